The number of benzene rings is 1. The van der Waals surface area contributed by atoms with Crippen molar-refractivity contribution in [2.75, 3.05) is 10.6 Å². The summed E-state index contributed by atoms with van der Waals surface area (Å²) in [5.74, 6) is -1.17. The number of hydrogen-bond donors (Lipinski definition) is 3. The number of carboxylic acid groups (broad SMARTS) is 1. The first-order valence-corrected chi connectivity index (χ1v) is 9.21. The van der Waals surface area contributed by atoms with Gasteiger partial charge in [-0.25, -0.2) is 4.79 Å². The van der Waals surface area contributed by atoms with Gasteiger partial charge in [-0.2, -0.15) is 0 Å². The maximum atomic E-state index is 12.4. The number of carboxylic acids is 1. The Balaban J connectivity index is 1.68. The highest BCUT2D eigenvalue weighted by Gasteiger charge is 2.20. The van der Waals surface area contributed by atoms with Crippen LogP contribution in [0.1, 0.15) is 21.6 Å². The van der Waals surface area contributed by atoms with Crippen molar-refractivity contribution in [3.05, 3.63) is 69.6 Å². The average Bonchev–Trinajstić information content (AvgIpc) is 3.09. The third-order valence-electron chi connectivity index (χ3n) is 3.99. The molecule has 10 heteroatoms. The standard InChI is InChI=1S/C19H16Cl2N4O4/c1-10-6-16(29-25-10)23-15(19(27)28)7-11-2-4-12(5-3-11)18(26)24-17-13(20)8-22-9-14(17)21/h2-6,8-9,15,23H,7H2,1H3,(H,27,28)(H,22,24,26). The number of aliphatic carboxylic acids is 1. The van der Waals surface area contributed by atoms with Crippen molar-refractivity contribution in [1.82, 2.24) is 10.1 Å². The minimum absolute atomic E-state index is 0.180. The van der Waals surface area contributed by atoms with Crippen LogP contribution in [0.5, 0.6) is 0 Å². The van der Waals surface area contributed by atoms with Crippen LogP contribution in [0.3, 0.4) is 0 Å². The molecule has 1 aromatic carbocycles. The van der Waals surface area contributed by atoms with E-state index in [1.165, 1.54) is 12.4 Å². The first-order valence-electron chi connectivity index (χ1n) is 8.45. The molecule has 150 valence electrons. The van der Waals surface area contributed by atoms with E-state index in [2.05, 4.69) is 20.8 Å². The number of amides is 1. The van der Waals surface area contributed by atoms with Crippen molar-refractivity contribution >= 4 is 46.6 Å². The second kappa shape index (κ2) is 8.93. The Labute approximate surface area is 175 Å². The van der Waals surface area contributed by atoms with Gasteiger partial charge in [-0.05, 0) is 24.6 Å². The zero-order chi connectivity index (χ0) is 21.0. The van der Waals surface area contributed by atoms with Crippen LogP contribution < -0.4 is 10.6 Å². The smallest absolute Gasteiger partial charge is 0.326 e. The fraction of sp³-hybridized carbons (Fsp3) is 0.158. The first-order chi connectivity index (χ1) is 13.8. The van der Waals surface area contributed by atoms with Gasteiger partial charge in [0.05, 0.1) is 21.4 Å². The summed E-state index contributed by atoms with van der Waals surface area (Å²) in [5, 5.41) is 19.0. The zero-order valence-electron chi connectivity index (χ0n) is 15.1. The van der Waals surface area contributed by atoms with Gasteiger partial charge in [-0.1, -0.05) is 40.5 Å². The van der Waals surface area contributed by atoms with Crippen LogP contribution in [0.4, 0.5) is 11.6 Å². The van der Waals surface area contributed by atoms with Crippen molar-refractivity contribution in [3.8, 4) is 0 Å². The number of rotatable bonds is 7. The van der Waals surface area contributed by atoms with E-state index < -0.39 is 17.9 Å². The van der Waals surface area contributed by atoms with E-state index in [1.807, 2.05) is 0 Å². The number of aryl methyl sites for hydroxylation is 1. The predicted octanol–water partition coefficient (Wildman–Crippen LogP) is 4.04. The molecule has 0 saturated heterocycles. The highest BCUT2D eigenvalue weighted by atomic mass is 35.5. The number of hydrogen-bond acceptors (Lipinski definition) is 6. The number of carbonyl (C=O) groups is 2. The molecule has 1 atom stereocenters. The van der Waals surface area contributed by atoms with Gasteiger partial charge in [-0.3, -0.25) is 9.78 Å². The van der Waals surface area contributed by atoms with Crippen LogP contribution in [-0.4, -0.2) is 33.2 Å². The topological polar surface area (TPSA) is 117 Å². The Morgan fingerprint density at radius 2 is 1.83 bits per heavy atom. The SMILES string of the molecule is Cc1cc(NC(Cc2ccc(C(=O)Nc3c(Cl)cncc3Cl)cc2)C(=O)O)on1. The largest absolute Gasteiger partial charge is 0.480 e. The fourth-order valence-electron chi connectivity index (χ4n) is 2.55. The summed E-state index contributed by atoms with van der Waals surface area (Å²) in [5.41, 5.74) is 2.00. The van der Waals surface area contributed by atoms with E-state index in [4.69, 9.17) is 27.7 Å². The summed E-state index contributed by atoms with van der Waals surface area (Å²) in [4.78, 5) is 27.8. The summed E-state index contributed by atoms with van der Waals surface area (Å²) >= 11 is 12.0. The van der Waals surface area contributed by atoms with Gasteiger partial charge in [0.1, 0.15) is 6.04 Å². The average molecular weight is 435 g/mol. The fourth-order valence-corrected chi connectivity index (χ4v) is 3.01. The Hall–Kier alpha value is -3.10. The lowest BCUT2D eigenvalue weighted by Crippen LogP contribution is -2.31. The van der Waals surface area contributed by atoms with Gasteiger partial charge in [0.2, 0.25) is 5.88 Å². The molecular formula is C19H16Cl2N4O4. The Bertz CT molecular complexity index is 1020. The van der Waals surface area contributed by atoms with Crippen LogP contribution in [0, 0.1) is 6.92 Å². The summed E-state index contributed by atoms with van der Waals surface area (Å²) < 4.78 is 5.01. The van der Waals surface area contributed by atoms with Gasteiger partial charge in [0.15, 0.2) is 0 Å². The molecule has 0 spiro atoms. The molecule has 8 nitrogen and oxygen atoms in total. The number of pyridine rings is 1. The predicted molar refractivity (Wildman–Crippen MR) is 109 cm³/mol. The van der Waals surface area contributed by atoms with Gasteiger partial charge < -0.3 is 20.3 Å². The molecule has 1 unspecified atom stereocenters. The molecule has 2 aromatic heterocycles. The molecule has 0 aliphatic heterocycles. The number of nitrogens with one attached hydrogen (secondary N) is 2. The normalized spacial score (nSPS) is 11.7. The second-order valence-corrected chi connectivity index (χ2v) is 7.02. The molecule has 0 saturated carbocycles. The van der Waals surface area contributed by atoms with Crippen LogP contribution >= 0.6 is 23.2 Å². The van der Waals surface area contributed by atoms with E-state index in [0.29, 0.717) is 11.3 Å². The van der Waals surface area contributed by atoms with E-state index in [0.717, 1.165) is 5.56 Å². The lowest BCUT2D eigenvalue weighted by Gasteiger charge is -2.14. The monoisotopic (exact) mass is 434 g/mol. The third kappa shape index (κ3) is 5.24. The van der Waals surface area contributed by atoms with Gasteiger partial charge in [0, 0.05) is 30.4 Å². The molecule has 0 bridgehead atoms. The van der Waals surface area contributed by atoms with E-state index in [1.54, 1.807) is 37.3 Å². The summed E-state index contributed by atoms with van der Waals surface area (Å²) in [7, 11) is 0. The summed E-state index contributed by atoms with van der Waals surface area (Å²) in [6, 6.07) is 7.22. The molecule has 3 aromatic rings. The molecule has 0 aliphatic carbocycles. The minimum Gasteiger partial charge on any atom is -0.480 e. The van der Waals surface area contributed by atoms with Crippen molar-refractivity contribution in [2.45, 2.75) is 19.4 Å². The first kappa shape index (κ1) is 20.6. The summed E-state index contributed by atoms with van der Waals surface area (Å²) in [6.07, 6.45) is 2.93. The molecule has 3 rings (SSSR count). The highest BCUT2D eigenvalue weighted by molar-refractivity contribution is 6.39. The molecule has 0 radical (unpaired) electrons. The van der Waals surface area contributed by atoms with Crippen LogP contribution in [0.15, 0.2) is 47.2 Å². The molecule has 3 N–H and O–H groups in total. The molecule has 0 fully saturated rings. The lowest BCUT2D eigenvalue weighted by atomic mass is 10.0. The number of anilines is 2. The van der Waals surface area contributed by atoms with Crippen molar-refractivity contribution in [3.63, 3.8) is 0 Å². The maximum Gasteiger partial charge on any atom is 0.326 e. The van der Waals surface area contributed by atoms with E-state index in [-0.39, 0.29) is 28.0 Å². The molecular weight excluding hydrogens is 419 g/mol. The number of aromatic nitrogens is 2. The van der Waals surface area contributed by atoms with Gasteiger partial charge >= 0.3 is 5.97 Å². The Kier molecular flexibility index (Phi) is 6.36. The van der Waals surface area contributed by atoms with Gasteiger partial charge in [-0.15, -0.1) is 0 Å². The van der Waals surface area contributed by atoms with Crippen LogP contribution in [-0.2, 0) is 11.2 Å². The second-order valence-electron chi connectivity index (χ2n) is 6.20. The molecule has 1 amide bonds. The maximum absolute atomic E-state index is 12.4. The highest BCUT2D eigenvalue weighted by Crippen LogP contribution is 2.29. The number of halogens is 2. The lowest BCUT2D eigenvalue weighted by molar-refractivity contribution is -0.137. The van der Waals surface area contributed by atoms with Crippen molar-refractivity contribution < 1.29 is 19.2 Å². The van der Waals surface area contributed by atoms with E-state index in [9.17, 15) is 14.7 Å². The van der Waals surface area contributed by atoms with Crippen molar-refractivity contribution in [1.29, 1.82) is 0 Å². The Morgan fingerprint density at radius 3 is 2.38 bits per heavy atom. The van der Waals surface area contributed by atoms with E-state index >= 15 is 0 Å². The van der Waals surface area contributed by atoms with Gasteiger partial charge in [0.25, 0.3) is 5.91 Å². The minimum atomic E-state index is -1.04. The number of carbonyl (C=O) groups excluding carboxylic acids is 1. The number of nitrogens with zero attached hydrogens (tertiary/aromatic N) is 2. The zero-order valence-corrected chi connectivity index (χ0v) is 16.7. The summed E-state index contributed by atoms with van der Waals surface area (Å²) in [6.45, 7) is 1.74. The Morgan fingerprint density at radius 1 is 1.17 bits per heavy atom. The third-order valence-corrected chi connectivity index (χ3v) is 4.56. The molecule has 2 heterocycles. The van der Waals surface area contributed by atoms with Crippen LogP contribution in [0.2, 0.25) is 10.0 Å². The molecule has 0 aliphatic rings. The van der Waals surface area contributed by atoms with Crippen molar-refractivity contribution in [2.24, 2.45) is 0 Å². The quantitative estimate of drug-likeness (QED) is 0.513. The molecule has 29 heavy (non-hydrogen) atoms. The van der Waals surface area contributed by atoms with Crippen LogP contribution in [0.25, 0.3) is 0 Å².